The third-order valence-electron chi connectivity index (χ3n) is 17.9. The number of ether oxygens (including phenoxy) is 4. The van der Waals surface area contributed by atoms with Crippen LogP contribution in [0.15, 0.2) is 0 Å². The Morgan fingerprint density at radius 2 is 0.479 bits per heavy atom. The van der Waals surface area contributed by atoms with Gasteiger partial charge in [-0.15, -0.1) is 0 Å². The van der Waals surface area contributed by atoms with Crippen LogP contribution in [-0.4, -0.2) is 96.7 Å². The number of unbranched alkanes of at least 4 members (excludes halogenated alkanes) is 43. The molecule has 5 atom stereocenters. The minimum Gasteiger partial charge on any atom is -0.462 e. The first kappa shape index (κ1) is 94.1. The summed E-state index contributed by atoms with van der Waals surface area (Å²) in [4.78, 5) is 72.8. The lowest BCUT2D eigenvalue weighted by Crippen LogP contribution is -2.30. The average Bonchev–Trinajstić information content (AvgIpc) is 1.17. The van der Waals surface area contributed by atoms with Gasteiger partial charge in [0.25, 0.3) is 0 Å². The van der Waals surface area contributed by atoms with Crippen molar-refractivity contribution < 1.29 is 80.2 Å². The van der Waals surface area contributed by atoms with Gasteiger partial charge >= 0.3 is 39.5 Å². The number of rotatable bonds is 75. The van der Waals surface area contributed by atoms with Gasteiger partial charge in [-0.2, -0.15) is 0 Å². The molecule has 0 aromatic rings. The van der Waals surface area contributed by atoms with E-state index in [4.69, 9.17) is 37.0 Å². The molecular formula is C77H150O17P2. The second kappa shape index (κ2) is 67.5. The van der Waals surface area contributed by atoms with Crippen LogP contribution in [0.4, 0.5) is 0 Å². The molecule has 0 saturated heterocycles. The first-order valence-corrected chi connectivity index (χ1v) is 42.8. The largest absolute Gasteiger partial charge is 0.472 e. The SMILES string of the molecule is CCCCCCCCCCCCCCCCCCCCCCCC(=O)O[C@H](COC(=O)CCCCCCCCCCCCC(C)C)COP(=O)(O)OC[C@@H](O)COP(=O)(O)OC[C@@H](COC(=O)CCCCCCCCCC(C)C)OC(=O)CCCCCCCCCCCC(C)C. The van der Waals surface area contributed by atoms with Crippen LogP contribution in [0.25, 0.3) is 0 Å². The highest BCUT2D eigenvalue weighted by molar-refractivity contribution is 7.47. The van der Waals surface area contributed by atoms with Gasteiger partial charge in [0.1, 0.15) is 19.3 Å². The number of carbonyl (C=O) groups excluding carboxylic acids is 4. The van der Waals surface area contributed by atoms with Crippen LogP contribution in [-0.2, 0) is 65.4 Å². The Balaban J connectivity index is 5.20. The lowest BCUT2D eigenvalue weighted by Gasteiger charge is -2.21. The summed E-state index contributed by atoms with van der Waals surface area (Å²) >= 11 is 0. The van der Waals surface area contributed by atoms with E-state index in [1.165, 1.54) is 199 Å². The highest BCUT2D eigenvalue weighted by Crippen LogP contribution is 2.45. The summed E-state index contributed by atoms with van der Waals surface area (Å²) in [5.41, 5.74) is 0. The third-order valence-corrected chi connectivity index (χ3v) is 19.8. The number of phosphoric ester groups is 2. The number of aliphatic hydroxyl groups is 1. The van der Waals surface area contributed by atoms with Gasteiger partial charge in [0, 0.05) is 25.7 Å². The van der Waals surface area contributed by atoms with Gasteiger partial charge < -0.3 is 33.8 Å². The minimum atomic E-state index is -4.96. The Bertz CT molecular complexity index is 1870. The van der Waals surface area contributed by atoms with Crippen molar-refractivity contribution in [1.29, 1.82) is 0 Å². The summed E-state index contributed by atoms with van der Waals surface area (Å²) in [5, 5.41) is 10.6. The minimum absolute atomic E-state index is 0.104. The summed E-state index contributed by atoms with van der Waals surface area (Å²) in [6.45, 7) is 11.8. The molecule has 0 radical (unpaired) electrons. The van der Waals surface area contributed by atoms with Gasteiger partial charge in [-0.3, -0.25) is 37.3 Å². The van der Waals surface area contributed by atoms with E-state index in [-0.39, 0.29) is 25.7 Å². The van der Waals surface area contributed by atoms with E-state index in [1.54, 1.807) is 0 Å². The summed E-state index contributed by atoms with van der Waals surface area (Å²) in [7, 11) is -9.91. The second-order valence-corrected chi connectivity index (χ2v) is 32.1. The molecule has 0 amide bonds. The predicted octanol–water partition coefficient (Wildman–Crippen LogP) is 22.6. The van der Waals surface area contributed by atoms with Crippen molar-refractivity contribution in [2.45, 2.75) is 414 Å². The van der Waals surface area contributed by atoms with Crippen molar-refractivity contribution >= 4 is 39.5 Å². The molecule has 570 valence electrons. The van der Waals surface area contributed by atoms with Gasteiger partial charge in [-0.05, 0) is 43.4 Å². The fourth-order valence-electron chi connectivity index (χ4n) is 11.8. The highest BCUT2D eigenvalue weighted by atomic mass is 31.2. The molecule has 0 aliphatic carbocycles. The van der Waals surface area contributed by atoms with Crippen LogP contribution in [0.5, 0.6) is 0 Å². The zero-order chi connectivity index (χ0) is 70.9. The van der Waals surface area contributed by atoms with Crippen molar-refractivity contribution in [3.63, 3.8) is 0 Å². The summed E-state index contributed by atoms with van der Waals surface area (Å²) < 4.78 is 68.5. The molecule has 0 rings (SSSR count). The Morgan fingerprint density at radius 1 is 0.281 bits per heavy atom. The molecule has 0 aliphatic heterocycles. The van der Waals surface area contributed by atoms with E-state index < -0.39 is 97.5 Å². The van der Waals surface area contributed by atoms with E-state index in [0.717, 1.165) is 108 Å². The number of carbonyl (C=O) groups is 4. The maximum atomic E-state index is 13.1. The number of esters is 4. The standard InChI is InChI=1S/C77H150O17P2/c1-8-9-10-11-12-13-14-15-16-17-18-19-20-21-22-23-24-31-38-46-53-60-76(81)93-72(64-87-74(79)58-51-44-37-30-26-25-28-34-41-48-55-68(2)3)66-91-95(83,84)89-62-71(78)63-90-96(85,86)92-67-73(65-88-75(80)59-52-45-40-33-36-43-50-57-70(6)7)94-77(82)61-54-47-39-32-27-29-35-42-49-56-69(4)5/h68-73,78H,8-67H2,1-7H3,(H,83,84)(H,85,86)/t71-,72-,73-/m1/s1. The van der Waals surface area contributed by atoms with Crippen molar-refractivity contribution in [2.75, 3.05) is 39.6 Å². The molecule has 0 fully saturated rings. The zero-order valence-corrected chi connectivity index (χ0v) is 64.6. The molecule has 0 aromatic heterocycles. The van der Waals surface area contributed by atoms with Crippen LogP contribution in [0.2, 0.25) is 0 Å². The van der Waals surface area contributed by atoms with Crippen LogP contribution in [0, 0.1) is 17.8 Å². The van der Waals surface area contributed by atoms with Gasteiger partial charge in [0.05, 0.1) is 26.4 Å². The van der Waals surface area contributed by atoms with Crippen LogP contribution in [0.1, 0.15) is 395 Å². The van der Waals surface area contributed by atoms with E-state index in [2.05, 4.69) is 48.5 Å². The third kappa shape index (κ3) is 70.5. The maximum absolute atomic E-state index is 13.1. The topological polar surface area (TPSA) is 237 Å². The average molecular weight is 1410 g/mol. The Morgan fingerprint density at radius 3 is 0.708 bits per heavy atom. The van der Waals surface area contributed by atoms with Crippen molar-refractivity contribution in [1.82, 2.24) is 0 Å². The fraction of sp³-hybridized carbons (Fsp3) is 0.948. The zero-order valence-electron chi connectivity index (χ0n) is 62.8. The van der Waals surface area contributed by atoms with E-state index in [9.17, 15) is 43.2 Å². The lowest BCUT2D eigenvalue weighted by atomic mass is 10.0. The molecule has 0 aliphatic rings. The van der Waals surface area contributed by atoms with Crippen molar-refractivity contribution in [3.8, 4) is 0 Å². The van der Waals surface area contributed by atoms with Crippen LogP contribution >= 0.6 is 15.6 Å². The first-order valence-electron chi connectivity index (χ1n) is 39.8. The molecule has 0 bridgehead atoms. The molecular weight excluding hydrogens is 1260 g/mol. The number of hydrogen-bond donors (Lipinski definition) is 3. The van der Waals surface area contributed by atoms with Crippen LogP contribution < -0.4 is 0 Å². The lowest BCUT2D eigenvalue weighted by molar-refractivity contribution is -0.161. The van der Waals surface area contributed by atoms with E-state index in [0.29, 0.717) is 31.6 Å². The van der Waals surface area contributed by atoms with Crippen LogP contribution in [0.3, 0.4) is 0 Å². The monoisotopic (exact) mass is 1410 g/mol. The molecule has 0 heterocycles. The molecule has 0 spiro atoms. The first-order chi connectivity index (χ1) is 46.2. The quantitative estimate of drug-likeness (QED) is 0.0222. The maximum Gasteiger partial charge on any atom is 0.472 e. The second-order valence-electron chi connectivity index (χ2n) is 29.2. The smallest absolute Gasteiger partial charge is 0.462 e. The summed E-state index contributed by atoms with van der Waals surface area (Å²) in [6, 6.07) is 0. The molecule has 19 heteroatoms. The number of aliphatic hydroxyl groups excluding tert-OH is 1. The number of phosphoric acid groups is 2. The molecule has 0 aromatic carbocycles. The number of hydrogen-bond acceptors (Lipinski definition) is 15. The Hall–Kier alpha value is -1.94. The molecule has 17 nitrogen and oxygen atoms in total. The summed E-state index contributed by atoms with van der Waals surface area (Å²) in [5.74, 6) is 0.0799. The van der Waals surface area contributed by atoms with Gasteiger partial charge in [-0.1, -0.05) is 344 Å². The predicted molar refractivity (Wildman–Crippen MR) is 391 cm³/mol. The Labute approximate surface area is 588 Å². The van der Waals surface area contributed by atoms with Gasteiger partial charge in [0.15, 0.2) is 12.2 Å². The van der Waals surface area contributed by atoms with E-state index >= 15 is 0 Å². The van der Waals surface area contributed by atoms with Crippen molar-refractivity contribution in [3.05, 3.63) is 0 Å². The molecule has 2 unspecified atom stereocenters. The van der Waals surface area contributed by atoms with E-state index in [1.807, 2.05) is 0 Å². The normalized spacial score (nSPS) is 14.1. The van der Waals surface area contributed by atoms with Gasteiger partial charge in [-0.25, -0.2) is 9.13 Å². The molecule has 3 N–H and O–H groups in total. The van der Waals surface area contributed by atoms with Gasteiger partial charge in [0.2, 0.25) is 0 Å². The fourth-order valence-corrected chi connectivity index (χ4v) is 13.4. The molecule has 0 saturated carbocycles. The molecule has 96 heavy (non-hydrogen) atoms. The highest BCUT2D eigenvalue weighted by Gasteiger charge is 2.30. The van der Waals surface area contributed by atoms with Crippen molar-refractivity contribution in [2.24, 2.45) is 17.8 Å². The summed E-state index contributed by atoms with van der Waals surface area (Å²) in [6.07, 6.45) is 54.4. The Kier molecular flexibility index (Phi) is 66.2.